The van der Waals surface area contributed by atoms with Gasteiger partial charge in [-0.2, -0.15) is 13.2 Å². The summed E-state index contributed by atoms with van der Waals surface area (Å²) >= 11 is 0.958. The average molecular weight is 570 g/mol. The number of nitrogens with zero attached hydrogens (tertiary/aromatic N) is 5. The molecule has 1 spiro atoms. The van der Waals surface area contributed by atoms with Gasteiger partial charge in [-0.05, 0) is 44.2 Å². The molecule has 1 aliphatic carbocycles. The van der Waals surface area contributed by atoms with E-state index >= 15 is 0 Å². The molecule has 39 heavy (non-hydrogen) atoms. The van der Waals surface area contributed by atoms with Crippen molar-refractivity contribution < 1.29 is 31.9 Å². The lowest BCUT2D eigenvalue weighted by molar-refractivity contribution is -0.188. The first-order chi connectivity index (χ1) is 18.4. The van der Waals surface area contributed by atoms with Crippen molar-refractivity contribution in [1.29, 1.82) is 0 Å². The number of aromatic nitrogens is 3. The summed E-state index contributed by atoms with van der Waals surface area (Å²) in [6.45, 7) is 1.85. The minimum Gasteiger partial charge on any atom is -0.502 e. The summed E-state index contributed by atoms with van der Waals surface area (Å²) in [6.07, 6.45) is -3.30. The molecule has 0 unspecified atom stereocenters. The van der Waals surface area contributed by atoms with Crippen LogP contribution in [0.2, 0.25) is 0 Å². The highest BCUT2D eigenvalue weighted by Crippen LogP contribution is 2.46. The van der Waals surface area contributed by atoms with E-state index in [4.69, 9.17) is 0 Å². The molecular formula is C25H24F5N5O3S. The lowest BCUT2D eigenvalue weighted by atomic mass is 9.79. The molecular weight excluding hydrogens is 545 g/mol. The van der Waals surface area contributed by atoms with Crippen LogP contribution < -0.4 is 10.4 Å². The molecule has 1 fully saturated rings. The number of carbonyl (C=O) groups excluding carboxylic acids is 1. The highest BCUT2D eigenvalue weighted by Gasteiger charge is 2.54. The van der Waals surface area contributed by atoms with Gasteiger partial charge >= 0.3 is 6.18 Å². The maximum Gasteiger partial charge on any atom is 0.391 e. The summed E-state index contributed by atoms with van der Waals surface area (Å²) in [4.78, 5) is 28.0. The van der Waals surface area contributed by atoms with E-state index in [-0.39, 0.29) is 60.5 Å². The molecule has 1 N–H and O–H groups in total. The Hall–Kier alpha value is -3.55. The lowest BCUT2D eigenvalue weighted by Crippen LogP contribution is -2.70. The predicted molar refractivity (Wildman–Crippen MR) is 132 cm³/mol. The molecule has 1 saturated carbocycles. The number of rotatable bonds is 4. The van der Waals surface area contributed by atoms with E-state index in [2.05, 4.69) is 10.2 Å². The van der Waals surface area contributed by atoms with Gasteiger partial charge in [0.25, 0.3) is 5.91 Å². The van der Waals surface area contributed by atoms with Gasteiger partial charge < -0.3 is 10.0 Å². The molecule has 208 valence electrons. The summed E-state index contributed by atoms with van der Waals surface area (Å²) in [7, 11) is 1.60. The molecule has 1 aliphatic heterocycles. The topological polar surface area (TPSA) is 91.6 Å². The number of hydrogen-bond acceptors (Lipinski definition) is 7. The third kappa shape index (κ3) is 4.43. The molecule has 1 aromatic carbocycles. The lowest BCUT2D eigenvalue weighted by Gasteiger charge is -2.56. The number of benzene rings is 1. The van der Waals surface area contributed by atoms with Crippen molar-refractivity contribution in [2.24, 2.45) is 5.92 Å². The van der Waals surface area contributed by atoms with Crippen LogP contribution in [0.25, 0.3) is 10.6 Å². The monoisotopic (exact) mass is 569 g/mol. The molecule has 1 amide bonds. The summed E-state index contributed by atoms with van der Waals surface area (Å²) in [5.41, 5.74) is -2.17. The Labute approximate surface area is 223 Å². The second kappa shape index (κ2) is 9.57. The van der Waals surface area contributed by atoms with Crippen molar-refractivity contribution in [1.82, 2.24) is 19.8 Å². The Kier molecular flexibility index (Phi) is 6.64. The fourth-order valence-corrected chi connectivity index (χ4v) is 6.44. The molecule has 2 aromatic heterocycles. The molecule has 0 saturated heterocycles. The summed E-state index contributed by atoms with van der Waals surface area (Å²) in [6, 6.07) is 3.13. The average Bonchev–Trinajstić information content (AvgIpc) is 3.34. The van der Waals surface area contributed by atoms with Gasteiger partial charge in [-0.3, -0.25) is 19.3 Å². The van der Waals surface area contributed by atoms with Crippen LogP contribution in [0.3, 0.4) is 0 Å². The van der Waals surface area contributed by atoms with E-state index in [1.165, 1.54) is 21.8 Å². The molecule has 5 rings (SSSR count). The molecule has 2 aliphatic rings. The Morgan fingerprint density at radius 2 is 1.85 bits per heavy atom. The third-order valence-corrected chi connectivity index (χ3v) is 8.62. The first kappa shape index (κ1) is 27.0. The van der Waals surface area contributed by atoms with Crippen LogP contribution in [-0.4, -0.2) is 56.2 Å². The van der Waals surface area contributed by atoms with E-state index in [1.807, 2.05) is 0 Å². The normalized spacial score (nSPS) is 21.5. The zero-order chi connectivity index (χ0) is 28.3. The van der Waals surface area contributed by atoms with Crippen molar-refractivity contribution >= 4 is 17.2 Å². The van der Waals surface area contributed by atoms with Crippen molar-refractivity contribution in [3.05, 3.63) is 62.5 Å². The van der Waals surface area contributed by atoms with Gasteiger partial charge in [0, 0.05) is 32.3 Å². The standard InChI is InChI=1S/C25H24F5N5O3S/c1-3-34-23(38)19-21(37)20(36)16(22-32-31-18(39-22)10-13-4-5-15(26)11-17(13)27)12-35(19)33(2)24(34)8-6-14(7-9-24)25(28,29)30/h4-5,11-12,14,37H,3,6-10H2,1-2H3. The number of fused-ring (bicyclic) bond motifs is 1. The maximum atomic E-state index is 14.1. The summed E-state index contributed by atoms with van der Waals surface area (Å²) in [5.74, 6) is -4.44. The van der Waals surface area contributed by atoms with E-state index in [1.54, 1.807) is 19.0 Å². The SMILES string of the molecule is CCN1C(=O)c2c(O)c(=O)c(-c3nnc(Cc4ccc(F)cc4F)s3)cn2N(C)C12CCC(C(F)(F)F)CC2. The van der Waals surface area contributed by atoms with Gasteiger partial charge in [-0.25, -0.2) is 8.78 Å². The first-order valence-corrected chi connectivity index (χ1v) is 13.1. The Morgan fingerprint density at radius 3 is 2.46 bits per heavy atom. The number of carbonyl (C=O) groups is 1. The van der Waals surface area contributed by atoms with Gasteiger partial charge in [-0.15, -0.1) is 10.2 Å². The number of aromatic hydroxyl groups is 1. The number of pyridine rings is 1. The Bertz CT molecular complexity index is 1500. The van der Waals surface area contributed by atoms with Crippen molar-refractivity contribution in [3.63, 3.8) is 0 Å². The zero-order valence-corrected chi connectivity index (χ0v) is 21.7. The third-order valence-electron chi connectivity index (χ3n) is 7.66. The van der Waals surface area contributed by atoms with E-state index < -0.39 is 46.5 Å². The van der Waals surface area contributed by atoms with Gasteiger partial charge in [0.1, 0.15) is 22.3 Å². The molecule has 8 nitrogen and oxygen atoms in total. The predicted octanol–water partition coefficient (Wildman–Crippen LogP) is 4.43. The molecule has 3 heterocycles. The van der Waals surface area contributed by atoms with Crippen molar-refractivity contribution in [2.75, 3.05) is 18.6 Å². The zero-order valence-electron chi connectivity index (χ0n) is 20.9. The first-order valence-electron chi connectivity index (χ1n) is 12.3. The fraction of sp³-hybridized carbons (Fsp3) is 0.440. The minimum absolute atomic E-state index is 0.0185. The van der Waals surface area contributed by atoms with Gasteiger partial charge in [0.15, 0.2) is 16.5 Å². The highest BCUT2D eigenvalue weighted by molar-refractivity contribution is 7.14. The van der Waals surface area contributed by atoms with Crippen LogP contribution in [-0.2, 0) is 6.42 Å². The molecule has 0 bridgehead atoms. The highest BCUT2D eigenvalue weighted by atomic mass is 32.1. The molecule has 14 heteroatoms. The van der Waals surface area contributed by atoms with Crippen molar-refractivity contribution in [2.45, 2.75) is 50.9 Å². The van der Waals surface area contributed by atoms with Crippen LogP contribution in [0.5, 0.6) is 5.75 Å². The van der Waals surface area contributed by atoms with Gasteiger partial charge in [-0.1, -0.05) is 17.4 Å². The summed E-state index contributed by atoms with van der Waals surface area (Å²) in [5, 5.41) is 20.8. The number of hydrogen-bond donors (Lipinski definition) is 1. The van der Waals surface area contributed by atoms with Crippen LogP contribution in [0, 0.1) is 17.6 Å². The number of halogens is 5. The molecule has 0 radical (unpaired) electrons. The van der Waals surface area contributed by atoms with E-state index in [0.717, 1.165) is 23.5 Å². The Balaban J connectivity index is 1.53. The number of amides is 1. The van der Waals surface area contributed by atoms with Crippen LogP contribution in [0.1, 0.15) is 53.7 Å². The van der Waals surface area contributed by atoms with Crippen LogP contribution >= 0.6 is 11.3 Å². The summed E-state index contributed by atoms with van der Waals surface area (Å²) < 4.78 is 68.8. The smallest absolute Gasteiger partial charge is 0.391 e. The molecule has 0 atom stereocenters. The fourth-order valence-electron chi connectivity index (χ4n) is 5.57. The second-order valence-corrected chi connectivity index (χ2v) is 10.8. The Morgan fingerprint density at radius 1 is 1.15 bits per heavy atom. The van der Waals surface area contributed by atoms with Gasteiger partial charge in [0.05, 0.1) is 11.5 Å². The van der Waals surface area contributed by atoms with Gasteiger partial charge in [0.2, 0.25) is 5.43 Å². The largest absolute Gasteiger partial charge is 0.502 e. The van der Waals surface area contributed by atoms with E-state index in [0.29, 0.717) is 5.01 Å². The van der Waals surface area contributed by atoms with Crippen LogP contribution in [0.15, 0.2) is 29.2 Å². The van der Waals surface area contributed by atoms with E-state index in [9.17, 15) is 36.6 Å². The minimum atomic E-state index is -4.34. The van der Waals surface area contributed by atoms with Crippen LogP contribution in [0.4, 0.5) is 22.0 Å². The second-order valence-electron chi connectivity index (χ2n) is 9.70. The number of alkyl halides is 3. The molecule has 3 aromatic rings. The van der Waals surface area contributed by atoms with Crippen molar-refractivity contribution in [3.8, 4) is 16.3 Å². The maximum absolute atomic E-state index is 14.1. The quantitative estimate of drug-likeness (QED) is 0.468.